The number of likely N-dealkylation sites (N-methyl/N-ethyl adjacent to an activating group) is 1. The maximum atomic E-state index is 12.5. The van der Waals surface area contributed by atoms with Crippen molar-refractivity contribution in [3.63, 3.8) is 0 Å². The molecule has 0 radical (unpaired) electrons. The van der Waals surface area contributed by atoms with Crippen LogP contribution < -0.4 is 4.72 Å². The van der Waals surface area contributed by atoms with E-state index >= 15 is 0 Å². The molecule has 1 unspecified atom stereocenters. The lowest BCUT2D eigenvalue weighted by Gasteiger charge is -2.33. The molecular formula is C19H16Cl2F6N2O3S. The lowest BCUT2D eigenvalue weighted by Crippen LogP contribution is -2.31. The third-order valence-electron chi connectivity index (χ3n) is 4.50. The SMILES string of the molecule is CN1Cc2c(Cl)cc(Cl)cc2C(c2ccc(NS(=O)(=O)C(F)(F)F)cc2)C1.O=CC(F)(F)F. The molecule has 0 aliphatic carbocycles. The molecule has 0 bridgehead atoms. The lowest BCUT2D eigenvalue weighted by molar-refractivity contribution is -0.156. The first kappa shape index (κ1) is 27.2. The van der Waals surface area contributed by atoms with E-state index in [1.54, 1.807) is 18.2 Å². The van der Waals surface area contributed by atoms with Crippen molar-refractivity contribution in [3.8, 4) is 0 Å². The number of rotatable bonds is 3. The number of carbonyl (C=O) groups is 1. The zero-order valence-electron chi connectivity index (χ0n) is 16.6. The highest BCUT2D eigenvalue weighted by Crippen LogP contribution is 2.38. The van der Waals surface area contributed by atoms with E-state index in [0.29, 0.717) is 23.1 Å². The van der Waals surface area contributed by atoms with E-state index in [2.05, 4.69) is 4.90 Å². The molecule has 0 fully saturated rings. The number of nitrogens with one attached hydrogen (secondary N) is 1. The van der Waals surface area contributed by atoms with E-state index in [1.165, 1.54) is 16.9 Å². The number of nitrogens with zero attached hydrogens (tertiary/aromatic N) is 1. The van der Waals surface area contributed by atoms with Crippen molar-refractivity contribution < 1.29 is 39.6 Å². The molecule has 2 aromatic carbocycles. The maximum absolute atomic E-state index is 12.5. The summed E-state index contributed by atoms with van der Waals surface area (Å²) in [5.74, 6) is -0.0942. The number of benzene rings is 2. The van der Waals surface area contributed by atoms with Crippen molar-refractivity contribution in [2.75, 3.05) is 18.3 Å². The minimum Gasteiger partial charge on any atom is -0.301 e. The van der Waals surface area contributed by atoms with E-state index in [-0.39, 0.29) is 11.6 Å². The maximum Gasteiger partial charge on any atom is 0.516 e. The number of carbonyl (C=O) groups excluding carboxylic acids is 1. The second kappa shape index (κ2) is 10.1. The van der Waals surface area contributed by atoms with Crippen LogP contribution in [-0.2, 0) is 21.4 Å². The molecule has 0 saturated heterocycles. The van der Waals surface area contributed by atoms with Crippen molar-refractivity contribution in [2.45, 2.75) is 24.1 Å². The molecule has 0 saturated carbocycles. The molecule has 0 amide bonds. The molecule has 5 nitrogen and oxygen atoms in total. The molecule has 1 atom stereocenters. The Morgan fingerprint density at radius 2 is 1.61 bits per heavy atom. The van der Waals surface area contributed by atoms with Gasteiger partial charge in [-0.25, -0.2) is 0 Å². The molecule has 1 aliphatic heterocycles. The van der Waals surface area contributed by atoms with Crippen molar-refractivity contribution in [2.24, 2.45) is 0 Å². The minimum absolute atomic E-state index is 0.0942. The van der Waals surface area contributed by atoms with Crippen LogP contribution in [0, 0.1) is 0 Å². The Bertz CT molecular complexity index is 1110. The van der Waals surface area contributed by atoms with Gasteiger partial charge in [-0.15, -0.1) is 0 Å². The summed E-state index contributed by atoms with van der Waals surface area (Å²) in [6.07, 6.45) is -5.70. The predicted octanol–water partition coefficient (Wildman–Crippen LogP) is 5.58. The van der Waals surface area contributed by atoms with Gasteiger partial charge in [-0.05, 0) is 48.0 Å². The molecule has 3 rings (SSSR count). The molecule has 182 valence electrons. The van der Waals surface area contributed by atoms with Gasteiger partial charge in [0, 0.05) is 34.7 Å². The van der Waals surface area contributed by atoms with E-state index in [9.17, 15) is 34.8 Å². The van der Waals surface area contributed by atoms with Crippen molar-refractivity contribution >= 4 is 45.2 Å². The van der Waals surface area contributed by atoms with Gasteiger partial charge in [0.15, 0.2) is 0 Å². The summed E-state index contributed by atoms with van der Waals surface area (Å²) in [5.41, 5.74) is -2.82. The summed E-state index contributed by atoms with van der Waals surface area (Å²) in [5, 5.41) is 1.06. The molecule has 1 aliphatic rings. The van der Waals surface area contributed by atoms with Gasteiger partial charge in [0.1, 0.15) is 0 Å². The van der Waals surface area contributed by atoms with Crippen LogP contribution >= 0.6 is 23.2 Å². The van der Waals surface area contributed by atoms with Crippen LogP contribution in [0.5, 0.6) is 0 Å². The highest BCUT2D eigenvalue weighted by molar-refractivity contribution is 7.93. The Kier molecular flexibility index (Phi) is 8.32. The summed E-state index contributed by atoms with van der Waals surface area (Å²) >= 11 is 12.4. The normalized spacial score (nSPS) is 16.9. The number of hydrogen-bond donors (Lipinski definition) is 1. The molecule has 2 aromatic rings. The quantitative estimate of drug-likeness (QED) is 0.410. The van der Waals surface area contributed by atoms with Gasteiger partial charge < -0.3 is 4.90 Å². The van der Waals surface area contributed by atoms with Crippen LogP contribution in [-0.4, -0.2) is 44.9 Å². The Morgan fingerprint density at radius 3 is 2.09 bits per heavy atom. The number of sulfonamides is 1. The number of halogens is 8. The average Bonchev–Trinajstić information content (AvgIpc) is 2.67. The van der Waals surface area contributed by atoms with E-state index in [1.807, 2.05) is 13.1 Å². The fraction of sp³-hybridized carbons (Fsp3) is 0.316. The summed E-state index contributed by atoms with van der Waals surface area (Å²) in [4.78, 5) is 10.8. The smallest absolute Gasteiger partial charge is 0.301 e. The molecular weight excluding hydrogens is 521 g/mol. The first-order valence-electron chi connectivity index (χ1n) is 8.92. The Labute approximate surface area is 195 Å². The van der Waals surface area contributed by atoms with Crippen LogP contribution in [0.15, 0.2) is 36.4 Å². The first-order chi connectivity index (χ1) is 15.0. The standard InChI is InChI=1S/C17H15Cl2F3N2O2S.C2HF3O/c1-24-8-14(13-6-11(18)7-16(19)15(13)9-24)10-2-4-12(5-3-10)23-27(25,26)17(20,21)22;3-2(4,5)1-6/h2-7,14,23H,8-9H2,1H3;1H. The number of alkyl halides is 6. The van der Waals surface area contributed by atoms with E-state index in [0.717, 1.165) is 16.7 Å². The molecule has 0 spiro atoms. The van der Waals surface area contributed by atoms with Crippen LogP contribution in [0.3, 0.4) is 0 Å². The number of hydrogen-bond acceptors (Lipinski definition) is 4. The third-order valence-corrected chi connectivity index (χ3v) is 6.17. The van der Waals surface area contributed by atoms with Gasteiger partial charge in [-0.2, -0.15) is 34.8 Å². The Morgan fingerprint density at radius 1 is 1.06 bits per heavy atom. The zero-order chi connectivity index (χ0) is 25.2. The molecule has 0 aromatic heterocycles. The van der Waals surface area contributed by atoms with Crippen LogP contribution in [0.2, 0.25) is 10.0 Å². The number of aldehydes is 1. The Hall–Kier alpha value is -2.02. The van der Waals surface area contributed by atoms with Crippen molar-refractivity contribution in [3.05, 3.63) is 63.1 Å². The fourth-order valence-corrected chi connectivity index (χ4v) is 4.26. The minimum atomic E-state index is -5.45. The summed E-state index contributed by atoms with van der Waals surface area (Å²) in [6, 6.07) is 9.30. The van der Waals surface area contributed by atoms with Crippen LogP contribution in [0.25, 0.3) is 0 Å². The molecule has 1 heterocycles. The third kappa shape index (κ3) is 7.23. The van der Waals surface area contributed by atoms with Crippen molar-refractivity contribution in [1.29, 1.82) is 0 Å². The zero-order valence-corrected chi connectivity index (χ0v) is 19.0. The van der Waals surface area contributed by atoms with Crippen LogP contribution in [0.4, 0.5) is 32.0 Å². The number of fused-ring (bicyclic) bond motifs is 1. The average molecular weight is 537 g/mol. The van der Waals surface area contributed by atoms with Crippen molar-refractivity contribution in [1.82, 2.24) is 4.90 Å². The van der Waals surface area contributed by atoms with Gasteiger partial charge >= 0.3 is 21.7 Å². The fourth-order valence-electron chi connectivity index (χ4n) is 3.13. The summed E-state index contributed by atoms with van der Waals surface area (Å²) < 4.78 is 92.7. The van der Waals surface area contributed by atoms with E-state index < -0.39 is 28.0 Å². The second-order valence-corrected chi connectivity index (χ2v) is 9.55. The summed E-state index contributed by atoms with van der Waals surface area (Å²) in [7, 11) is -3.51. The van der Waals surface area contributed by atoms with Gasteiger partial charge in [0.25, 0.3) is 0 Å². The largest absolute Gasteiger partial charge is 0.516 e. The predicted molar refractivity (Wildman–Crippen MR) is 112 cm³/mol. The molecule has 33 heavy (non-hydrogen) atoms. The highest BCUT2D eigenvalue weighted by atomic mass is 35.5. The second-order valence-electron chi connectivity index (χ2n) is 7.04. The van der Waals surface area contributed by atoms with Crippen LogP contribution in [0.1, 0.15) is 22.6 Å². The highest BCUT2D eigenvalue weighted by Gasteiger charge is 2.46. The van der Waals surface area contributed by atoms with E-state index in [4.69, 9.17) is 28.0 Å². The van der Waals surface area contributed by atoms with Gasteiger partial charge in [-0.1, -0.05) is 35.3 Å². The topological polar surface area (TPSA) is 66.5 Å². The lowest BCUT2D eigenvalue weighted by atomic mass is 9.85. The van der Waals surface area contributed by atoms with Gasteiger partial charge in [-0.3, -0.25) is 9.52 Å². The molecule has 1 N–H and O–H groups in total. The number of anilines is 1. The van der Waals surface area contributed by atoms with Gasteiger partial charge in [0.2, 0.25) is 6.29 Å². The Balaban J connectivity index is 0.000000569. The molecule has 14 heteroatoms. The monoisotopic (exact) mass is 536 g/mol. The summed E-state index contributed by atoms with van der Waals surface area (Å²) in [6.45, 7) is 1.32. The first-order valence-corrected chi connectivity index (χ1v) is 11.2. The van der Waals surface area contributed by atoms with Gasteiger partial charge in [0.05, 0.1) is 0 Å².